The molecule has 0 N–H and O–H groups in total. The molecule has 1 aromatic carbocycles. The van der Waals surface area contributed by atoms with Crippen LogP contribution in [0.25, 0.3) is 0 Å². The number of para-hydroxylation sites is 1. The van der Waals surface area contributed by atoms with Crippen molar-refractivity contribution in [1.82, 2.24) is 14.7 Å². The van der Waals surface area contributed by atoms with E-state index in [-0.39, 0.29) is 18.4 Å². The third-order valence-corrected chi connectivity index (χ3v) is 6.20. The van der Waals surface area contributed by atoms with E-state index >= 15 is 0 Å². The second-order valence-corrected chi connectivity index (χ2v) is 8.42. The lowest BCUT2D eigenvalue weighted by atomic mass is 9.97. The quantitative estimate of drug-likeness (QED) is 0.671. The molecule has 2 saturated heterocycles. The fraction of sp³-hybridized carbons (Fsp3) is 0.652. The SMILES string of the molecule is COc1ccccc1CCN1CCC[C@H](CN(C)C(=O)CN2CCCCC2=O)C1. The summed E-state index contributed by atoms with van der Waals surface area (Å²) in [5.74, 6) is 1.63. The molecule has 2 fully saturated rings. The number of carbonyl (C=O) groups excluding carboxylic acids is 2. The van der Waals surface area contributed by atoms with Gasteiger partial charge in [-0.05, 0) is 56.2 Å². The van der Waals surface area contributed by atoms with E-state index in [0.717, 1.165) is 64.2 Å². The Morgan fingerprint density at radius 2 is 2.03 bits per heavy atom. The van der Waals surface area contributed by atoms with Crippen LogP contribution in [0.5, 0.6) is 5.75 Å². The lowest BCUT2D eigenvalue weighted by Crippen LogP contribution is -2.46. The Morgan fingerprint density at radius 3 is 2.83 bits per heavy atom. The molecule has 0 bridgehead atoms. The molecule has 2 aliphatic rings. The van der Waals surface area contributed by atoms with Crippen molar-refractivity contribution in [1.29, 1.82) is 0 Å². The Balaban J connectivity index is 1.45. The van der Waals surface area contributed by atoms with Gasteiger partial charge in [0, 0.05) is 39.6 Å². The molecule has 1 aromatic rings. The van der Waals surface area contributed by atoms with Crippen molar-refractivity contribution in [2.75, 3.05) is 53.4 Å². The molecule has 6 heteroatoms. The van der Waals surface area contributed by atoms with Crippen molar-refractivity contribution < 1.29 is 14.3 Å². The Bertz CT molecular complexity index is 694. The minimum absolute atomic E-state index is 0.0615. The first-order chi connectivity index (χ1) is 14.1. The number of likely N-dealkylation sites (N-methyl/N-ethyl adjacent to an activating group) is 1. The van der Waals surface area contributed by atoms with Crippen LogP contribution in [0.1, 0.15) is 37.7 Å². The van der Waals surface area contributed by atoms with Gasteiger partial charge < -0.3 is 19.4 Å². The van der Waals surface area contributed by atoms with Crippen molar-refractivity contribution in [2.24, 2.45) is 5.92 Å². The van der Waals surface area contributed by atoms with E-state index in [1.54, 1.807) is 12.0 Å². The Labute approximate surface area is 174 Å². The van der Waals surface area contributed by atoms with Gasteiger partial charge in [-0.1, -0.05) is 18.2 Å². The van der Waals surface area contributed by atoms with Crippen LogP contribution >= 0.6 is 0 Å². The second kappa shape index (κ2) is 10.6. The van der Waals surface area contributed by atoms with Crippen molar-refractivity contribution in [3.8, 4) is 5.75 Å². The first kappa shape index (κ1) is 21.6. The van der Waals surface area contributed by atoms with Crippen LogP contribution in [-0.4, -0.2) is 79.9 Å². The van der Waals surface area contributed by atoms with Gasteiger partial charge in [0.2, 0.25) is 11.8 Å². The molecular formula is C23H35N3O3. The highest BCUT2D eigenvalue weighted by atomic mass is 16.5. The molecule has 1 atom stereocenters. The van der Waals surface area contributed by atoms with Gasteiger partial charge in [-0.3, -0.25) is 9.59 Å². The molecule has 2 amide bonds. The maximum Gasteiger partial charge on any atom is 0.241 e. The van der Waals surface area contributed by atoms with Gasteiger partial charge in [0.15, 0.2) is 0 Å². The summed E-state index contributed by atoms with van der Waals surface area (Å²) in [4.78, 5) is 30.6. The summed E-state index contributed by atoms with van der Waals surface area (Å²) in [7, 11) is 3.60. The van der Waals surface area contributed by atoms with Crippen LogP contribution in [-0.2, 0) is 16.0 Å². The van der Waals surface area contributed by atoms with Gasteiger partial charge in [-0.2, -0.15) is 0 Å². The van der Waals surface area contributed by atoms with E-state index in [1.165, 1.54) is 12.0 Å². The summed E-state index contributed by atoms with van der Waals surface area (Å²) < 4.78 is 5.46. The number of hydrogen-bond donors (Lipinski definition) is 0. The Morgan fingerprint density at radius 1 is 1.21 bits per heavy atom. The fourth-order valence-electron chi connectivity index (χ4n) is 4.49. The normalized spacial score (nSPS) is 20.6. The van der Waals surface area contributed by atoms with Gasteiger partial charge in [0.25, 0.3) is 0 Å². The Hall–Kier alpha value is -2.08. The topological polar surface area (TPSA) is 53.1 Å². The summed E-state index contributed by atoms with van der Waals surface area (Å²) >= 11 is 0. The Kier molecular flexibility index (Phi) is 7.92. The summed E-state index contributed by atoms with van der Waals surface area (Å²) in [5, 5.41) is 0. The van der Waals surface area contributed by atoms with Crippen LogP contribution in [0.4, 0.5) is 0 Å². The third-order valence-electron chi connectivity index (χ3n) is 6.20. The number of piperidine rings is 2. The molecule has 0 unspecified atom stereocenters. The number of rotatable bonds is 8. The summed E-state index contributed by atoms with van der Waals surface area (Å²) in [5.41, 5.74) is 1.25. The molecule has 0 saturated carbocycles. The minimum Gasteiger partial charge on any atom is -0.496 e. The van der Waals surface area contributed by atoms with E-state index < -0.39 is 0 Å². The largest absolute Gasteiger partial charge is 0.496 e. The highest BCUT2D eigenvalue weighted by molar-refractivity contribution is 5.85. The number of amides is 2. The van der Waals surface area contributed by atoms with Crippen LogP contribution in [0.15, 0.2) is 24.3 Å². The highest BCUT2D eigenvalue weighted by Gasteiger charge is 2.25. The smallest absolute Gasteiger partial charge is 0.241 e. The predicted molar refractivity (Wildman–Crippen MR) is 114 cm³/mol. The lowest BCUT2D eigenvalue weighted by Gasteiger charge is -2.35. The predicted octanol–water partition coefficient (Wildman–Crippen LogP) is 2.42. The number of carbonyl (C=O) groups is 2. The summed E-state index contributed by atoms with van der Waals surface area (Å²) in [6, 6.07) is 8.21. The number of nitrogens with zero attached hydrogens (tertiary/aromatic N) is 3. The molecule has 0 spiro atoms. The maximum atomic E-state index is 12.6. The molecule has 3 rings (SSSR count). The van der Waals surface area contributed by atoms with E-state index in [4.69, 9.17) is 4.74 Å². The molecular weight excluding hydrogens is 366 g/mol. The van der Waals surface area contributed by atoms with E-state index in [2.05, 4.69) is 17.0 Å². The van der Waals surface area contributed by atoms with Crippen molar-refractivity contribution in [3.63, 3.8) is 0 Å². The van der Waals surface area contributed by atoms with Gasteiger partial charge in [0.1, 0.15) is 5.75 Å². The second-order valence-electron chi connectivity index (χ2n) is 8.42. The van der Waals surface area contributed by atoms with E-state index in [1.807, 2.05) is 24.1 Å². The average Bonchev–Trinajstić information content (AvgIpc) is 2.74. The first-order valence-corrected chi connectivity index (χ1v) is 10.9. The van der Waals surface area contributed by atoms with E-state index in [9.17, 15) is 9.59 Å². The third kappa shape index (κ3) is 6.20. The van der Waals surface area contributed by atoms with Crippen LogP contribution < -0.4 is 4.74 Å². The maximum absolute atomic E-state index is 12.6. The monoisotopic (exact) mass is 401 g/mol. The minimum atomic E-state index is 0.0615. The molecule has 0 radical (unpaired) electrons. The number of benzene rings is 1. The standard InChI is InChI=1S/C23H35N3O3/c1-24(23(28)18-26-14-6-5-11-22(26)27)16-19-8-7-13-25(17-19)15-12-20-9-3-4-10-21(20)29-2/h3-4,9-10,19H,5-8,11-18H2,1-2H3/t19-/m1/s1. The molecule has 2 aliphatic heterocycles. The van der Waals surface area contributed by atoms with Crippen LogP contribution in [0.2, 0.25) is 0 Å². The first-order valence-electron chi connectivity index (χ1n) is 10.9. The zero-order chi connectivity index (χ0) is 20.6. The number of likely N-dealkylation sites (tertiary alicyclic amines) is 2. The number of hydrogen-bond acceptors (Lipinski definition) is 4. The van der Waals surface area contributed by atoms with E-state index in [0.29, 0.717) is 12.3 Å². The molecule has 0 aliphatic carbocycles. The van der Waals surface area contributed by atoms with Crippen molar-refractivity contribution in [2.45, 2.75) is 38.5 Å². The molecule has 29 heavy (non-hydrogen) atoms. The van der Waals surface area contributed by atoms with Crippen molar-refractivity contribution >= 4 is 11.8 Å². The highest BCUT2D eigenvalue weighted by Crippen LogP contribution is 2.21. The van der Waals surface area contributed by atoms with Crippen LogP contribution in [0.3, 0.4) is 0 Å². The van der Waals surface area contributed by atoms with Crippen molar-refractivity contribution in [3.05, 3.63) is 29.8 Å². The van der Waals surface area contributed by atoms with Crippen LogP contribution in [0, 0.1) is 5.92 Å². The molecule has 0 aromatic heterocycles. The molecule has 2 heterocycles. The summed E-state index contributed by atoms with van der Waals surface area (Å²) in [6.45, 7) is 4.88. The lowest BCUT2D eigenvalue weighted by molar-refractivity contribution is -0.141. The number of methoxy groups -OCH3 is 1. The fourth-order valence-corrected chi connectivity index (χ4v) is 4.49. The average molecular weight is 402 g/mol. The zero-order valence-corrected chi connectivity index (χ0v) is 17.9. The number of ether oxygens (including phenoxy) is 1. The van der Waals surface area contributed by atoms with Gasteiger partial charge >= 0.3 is 0 Å². The summed E-state index contributed by atoms with van der Waals surface area (Å²) in [6.07, 6.45) is 5.84. The van der Waals surface area contributed by atoms with Gasteiger partial charge in [0.05, 0.1) is 13.7 Å². The zero-order valence-electron chi connectivity index (χ0n) is 17.9. The molecule has 160 valence electrons. The van der Waals surface area contributed by atoms with Gasteiger partial charge in [-0.15, -0.1) is 0 Å². The van der Waals surface area contributed by atoms with Gasteiger partial charge in [-0.25, -0.2) is 0 Å². The molecule has 6 nitrogen and oxygen atoms in total.